The summed E-state index contributed by atoms with van der Waals surface area (Å²) in [6.45, 7) is 6.64. The third-order valence-electron chi connectivity index (χ3n) is 2.45. The first-order valence-electron chi connectivity index (χ1n) is 5.84. The van der Waals surface area contributed by atoms with Crippen molar-refractivity contribution in [1.82, 2.24) is 0 Å². The first-order chi connectivity index (χ1) is 7.61. The zero-order valence-corrected chi connectivity index (χ0v) is 10.3. The molecule has 0 N–H and O–H groups in total. The molecule has 88 valence electrons. The molecule has 0 saturated carbocycles. The monoisotopic (exact) mass is 220 g/mol. The minimum atomic E-state index is 0.0551. The van der Waals surface area contributed by atoms with Gasteiger partial charge in [0.25, 0.3) is 0 Å². The molecule has 1 aromatic rings. The van der Waals surface area contributed by atoms with Crippen LogP contribution in [0.3, 0.4) is 0 Å². The molecule has 0 fully saturated rings. The normalized spacial score (nSPS) is 10.5. The Morgan fingerprint density at radius 1 is 1.31 bits per heavy atom. The van der Waals surface area contributed by atoms with Gasteiger partial charge in [0.15, 0.2) is 5.78 Å². The molecule has 0 bridgehead atoms. The molecule has 0 aromatic heterocycles. The van der Waals surface area contributed by atoms with Crippen molar-refractivity contribution < 1.29 is 9.53 Å². The molecule has 0 radical (unpaired) electrons. The fourth-order valence-electron chi connectivity index (χ4n) is 1.56. The minimum Gasteiger partial charge on any atom is -0.493 e. The van der Waals surface area contributed by atoms with Crippen molar-refractivity contribution in [3.8, 4) is 5.75 Å². The third kappa shape index (κ3) is 4.05. The average Bonchev–Trinajstić information content (AvgIpc) is 2.24. The van der Waals surface area contributed by atoms with E-state index < -0.39 is 0 Å². The van der Waals surface area contributed by atoms with E-state index >= 15 is 0 Å². The molecular formula is C14H20O2. The number of rotatable bonds is 6. The van der Waals surface area contributed by atoms with Crippen molar-refractivity contribution in [2.24, 2.45) is 5.92 Å². The molecule has 2 heteroatoms. The molecule has 0 atom stereocenters. The second-order valence-electron chi connectivity index (χ2n) is 4.44. The summed E-state index contributed by atoms with van der Waals surface area (Å²) >= 11 is 0. The van der Waals surface area contributed by atoms with Gasteiger partial charge in [-0.2, -0.15) is 0 Å². The maximum absolute atomic E-state index is 11.3. The lowest BCUT2D eigenvalue weighted by atomic mass is 10.1. The van der Waals surface area contributed by atoms with Crippen LogP contribution in [-0.2, 0) is 0 Å². The summed E-state index contributed by atoms with van der Waals surface area (Å²) in [4.78, 5) is 11.3. The Morgan fingerprint density at radius 3 is 2.62 bits per heavy atom. The number of carbonyl (C=O) groups excluding carboxylic acids is 1. The highest BCUT2D eigenvalue weighted by Gasteiger charge is 2.06. The van der Waals surface area contributed by atoms with Gasteiger partial charge in [-0.25, -0.2) is 0 Å². The Labute approximate surface area is 97.6 Å². The zero-order valence-electron chi connectivity index (χ0n) is 10.3. The van der Waals surface area contributed by atoms with Crippen LogP contribution in [0.15, 0.2) is 24.3 Å². The summed E-state index contributed by atoms with van der Waals surface area (Å²) in [5.41, 5.74) is 0.673. The standard InChI is InChI=1S/C14H20O2/c1-11(2)7-6-10-16-14-9-5-4-8-13(14)12(3)15/h4-5,8-9,11H,6-7,10H2,1-3H3. The maximum atomic E-state index is 11.3. The topological polar surface area (TPSA) is 26.3 Å². The summed E-state index contributed by atoms with van der Waals surface area (Å²) in [6.07, 6.45) is 2.19. The predicted molar refractivity (Wildman–Crippen MR) is 66.0 cm³/mol. The van der Waals surface area contributed by atoms with Gasteiger partial charge < -0.3 is 4.74 Å². The van der Waals surface area contributed by atoms with Gasteiger partial charge in [0, 0.05) is 0 Å². The summed E-state index contributed by atoms with van der Waals surface area (Å²) in [5.74, 6) is 1.46. The van der Waals surface area contributed by atoms with E-state index in [0.29, 0.717) is 23.8 Å². The van der Waals surface area contributed by atoms with Gasteiger partial charge in [-0.3, -0.25) is 4.79 Å². The second-order valence-corrected chi connectivity index (χ2v) is 4.44. The van der Waals surface area contributed by atoms with Crippen LogP contribution in [0, 0.1) is 5.92 Å². The molecule has 0 spiro atoms. The van der Waals surface area contributed by atoms with E-state index in [2.05, 4.69) is 13.8 Å². The Kier molecular flexibility index (Phi) is 5.03. The van der Waals surface area contributed by atoms with Crippen LogP contribution in [0.25, 0.3) is 0 Å². The van der Waals surface area contributed by atoms with Crippen LogP contribution in [0.5, 0.6) is 5.75 Å². The van der Waals surface area contributed by atoms with E-state index in [4.69, 9.17) is 4.74 Å². The van der Waals surface area contributed by atoms with Gasteiger partial charge in [-0.1, -0.05) is 26.0 Å². The van der Waals surface area contributed by atoms with Gasteiger partial charge in [0.2, 0.25) is 0 Å². The molecule has 1 rings (SSSR count). The molecule has 0 aliphatic carbocycles. The van der Waals surface area contributed by atoms with Crippen molar-refractivity contribution in [1.29, 1.82) is 0 Å². The molecule has 1 aromatic carbocycles. The third-order valence-corrected chi connectivity index (χ3v) is 2.45. The average molecular weight is 220 g/mol. The van der Waals surface area contributed by atoms with Crippen molar-refractivity contribution in [2.45, 2.75) is 33.6 Å². The van der Waals surface area contributed by atoms with Crippen molar-refractivity contribution in [3.05, 3.63) is 29.8 Å². The highest BCUT2D eigenvalue weighted by Crippen LogP contribution is 2.18. The quantitative estimate of drug-likeness (QED) is 0.539. The molecule has 0 aliphatic heterocycles. The highest BCUT2D eigenvalue weighted by molar-refractivity contribution is 5.96. The number of benzene rings is 1. The Morgan fingerprint density at radius 2 is 2.00 bits per heavy atom. The second kappa shape index (κ2) is 6.31. The van der Waals surface area contributed by atoms with Crippen LogP contribution < -0.4 is 4.74 Å². The lowest BCUT2D eigenvalue weighted by molar-refractivity contribution is 0.101. The SMILES string of the molecule is CC(=O)c1ccccc1OCCCC(C)C. The van der Waals surface area contributed by atoms with Gasteiger partial charge in [-0.15, -0.1) is 0 Å². The van der Waals surface area contributed by atoms with E-state index in [1.54, 1.807) is 13.0 Å². The summed E-state index contributed by atoms with van der Waals surface area (Å²) in [7, 11) is 0. The van der Waals surface area contributed by atoms with E-state index in [-0.39, 0.29) is 5.78 Å². The number of Topliss-reactive ketones (excluding diaryl/α,β-unsaturated/α-hetero) is 1. The van der Waals surface area contributed by atoms with E-state index in [1.807, 2.05) is 18.2 Å². The van der Waals surface area contributed by atoms with Crippen molar-refractivity contribution in [2.75, 3.05) is 6.61 Å². The van der Waals surface area contributed by atoms with Gasteiger partial charge in [-0.05, 0) is 37.8 Å². The number of hydrogen-bond acceptors (Lipinski definition) is 2. The van der Waals surface area contributed by atoms with Gasteiger partial charge >= 0.3 is 0 Å². The summed E-state index contributed by atoms with van der Waals surface area (Å²) in [6, 6.07) is 7.41. The van der Waals surface area contributed by atoms with Crippen LogP contribution in [0.4, 0.5) is 0 Å². The molecule has 0 saturated heterocycles. The predicted octanol–water partition coefficient (Wildman–Crippen LogP) is 3.70. The van der Waals surface area contributed by atoms with Gasteiger partial charge in [0.1, 0.15) is 5.75 Å². The fraction of sp³-hybridized carbons (Fsp3) is 0.500. The lowest BCUT2D eigenvalue weighted by Gasteiger charge is -2.10. The Bertz CT molecular complexity index is 342. The van der Waals surface area contributed by atoms with Crippen LogP contribution in [-0.4, -0.2) is 12.4 Å². The number of hydrogen-bond donors (Lipinski definition) is 0. The summed E-state index contributed by atoms with van der Waals surface area (Å²) in [5, 5.41) is 0. The van der Waals surface area contributed by atoms with Crippen molar-refractivity contribution >= 4 is 5.78 Å². The largest absolute Gasteiger partial charge is 0.493 e. The number of carbonyl (C=O) groups is 1. The van der Waals surface area contributed by atoms with Crippen LogP contribution in [0.2, 0.25) is 0 Å². The fourth-order valence-corrected chi connectivity index (χ4v) is 1.56. The van der Waals surface area contributed by atoms with Crippen molar-refractivity contribution in [3.63, 3.8) is 0 Å². The smallest absolute Gasteiger partial charge is 0.163 e. The molecule has 0 unspecified atom stereocenters. The Hall–Kier alpha value is -1.31. The van der Waals surface area contributed by atoms with E-state index in [0.717, 1.165) is 12.8 Å². The van der Waals surface area contributed by atoms with Crippen LogP contribution >= 0.6 is 0 Å². The Balaban J connectivity index is 2.50. The number of ketones is 1. The number of para-hydroxylation sites is 1. The highest BCUT2D eigenvalue weighted by atomic mass is 16.5. The molecule has 0 aliphatic rings. The molecule has 2 nitrogen and oxygen atoms in total. The summed E-state index contributed by atoms with van der Waals surface area (Å²) < 4.78 is 5.63. The molecule has 0 heterocycles. The van der Waals surface area contributed by atoms with E-state index in [9.17, 15) is 4.79 Å². The first kappa shape index (κ1) is 12.8. The zero-order chi connectivity index (χ0) is 12.0. The minimum absolute atomic E-state index is 0.0551. The molecule has 0 amide bonds. The number of ether oxygens (including phenoxy) is 1. The van der Waals surface area contributed by atoms with E-state index in [1.165, 1.54) is 0 Å². The maximum Gasteiger partial charge on any atom is 0.163 e. The van der Waals surface area contributed by atoms with Gasteiger partial charge in [0.05, 0.1) is 12.2 Å². The molecular weight excluding hydrogens is 200 g/mol. The molecule has 16 heavy (non-hydrogen) atoms. The van der Waals surface area contributed by atoms with Crippen LogP contribution in [0.1, 0.15) is 44.0 Å². The lowest BCUT2D eigenvalue weighted by Crippen LogP contribution is -2.03. The first-order valence-corrected chi connectivity index (χ1v) is 5.84.